The van der Waals surface area contributed by atoms with E-state index in [0.717, 1.165) is 24.3 Å². The second-order valence-corrected chi connectivity index (χ2v) is 4.57. The van der Waals surface area contributed by atoms with Gasteiger partial charge in [-0.05, 0) is 36.4 Å². The number of rotatable bonds is 3. The van der Waals surface area contributed by atoms with Gasteiger partial charge in [0.05, 0.1) is 11.1 Å². The molecule has 2 aromatic carbocycles. The first-order chi connectivity index (χ1) is 11.3. The van der Waals surface area contributed by atoms with Gasteiger partial charge in [-0.3, -0.25) is 4.79 Å². The molecule has 5 nitrogen and oxygen atoms in total. The zero-order valence-corrected chi connectivity index (χ0v) is 12.0. The van der Waals surface area contributed by atoms with Gasteiger partial charge in [-0.25, -0.2) is 9.59 Å². The molecule has 0 heterocycles. The summed E-state index contributed by atoms with van der Waals surface area (Å²) in [5.41, 5.74) is -0.0209. The molecule has 0 aromatic heterocycles. The number of ether oxygens (including phenoxy) is 1. The standard InChI is InChI=1S/C16H10F3NO4/c17-16(18,19)15(23)20-12-8-6-11(7-9-12)14(22)24-13(21)10-4-2-1-3-5-10/h1-9H,(H,20,23). The third-order valence-electron chi connectivity index (χ3n) is 2.83. The average molecular weight is 337 g/mol. The van der Waals surface area contributed by atoms with Crippen molar-refractivity contribution < 1.29 is 32.3 Å². The molecular formula is C16H10F3NO4. The highest BCUT2D eigenvalue weighted by Gasteiger charge is 2.38. The van der Waals surface area contributed by atoms with E-state index < -0.39 is 24.0 Å². The molecule has 124 valence electrons. The molecule has 0 fully saturated rings. The van der Waals surface area contributed by atoms with Crippen LogP contribution in [0.2, 0.25) is 0 Å². The van der Waals surface area contributed by atoms with Crippen LogP contribution in [0.15, 0.2) is 54.6 Å². The van der Waals surface area contributed by atoms with Crippen LogP contribution >= 0.6 is 0 Å². The van der Waals surface area contributed by atoms with Gasteiger partial charge in [0.25, 0.3) is 0 Å². The Kier molecular flexibility index (Phi) is 4.98. The number of amides is 1. The fourth-order valence-corrected chi connectivity index (χ4v) is 1.67. The van der Waals surface area contributed by atoms with Crippen LogP contribution < -0.4 is 5.32 Å². The van der Waals surface area contributed by atoms with Crippen LogP contribution in [0.1, 0.15) is 20.7 Å². The molecule has 2 aromatic rings. The SMILES string of the molecule is O=C(OC(=O)c1ccc(NC(=O)C(F)(F)F)cc1)c1ccccc1. The van der Waals surface area contributed by atoms with Gasteiger partial charge in [-0.2, -0.15) is 13.2 Å². The minimum atomic E-state index is -5.01. The van der Waals surface area contributed by atoms with Crippen LogP contribution in [0.3, 0.4) is 0 Å². The van der Waals surface area contributed by atoms with Gasteiger partial charge in [0.2, 0.25) is 0 Å². The summed E-state index contributed by atoms with van der Waals surface area (Å²) < 4.78 is 41.0. The zero-order valence-electron chi connectivity index (χ0n) is 12.0. The maximum atomic E-state index is 12.1. The molecule has 0 bridgehead atoms. The van der Waals surface area contributed by atoms with E-state index in [1.165, 1.54) is 12.1 Å². The number of esters is 2. The average Bonchev–Trinajstić information content (AvgIpc) is 2.55. The van der Waals surface area contributed by atoms with Gasteiger partial charge in [0.1, 0.15) is 0 Å². The summed E-state index contributed by atoms with van der Waals surface area (Å²) in [5.74, 6) is -3.94. The highest BCUT2D eigenvalue weighted by Crippen LogP contribution is 2.18. The lowest BCUT2D eigenvalue weighted by atomic mass is 10.2. The van der Waals surface area contributed by atoms with Gasteiger partial charge in [0, 0.05) is 5.69 Å². The van der Waals surface area contributed by atoms with Crippen molar-refractivity contribution in [1.29, 1.82) is 0 Å². The first kappa shape index (κ1) is 17.2. The Morgan fingerprint density at radius 3 is 1.79 bits per heavy atom. The summed E-state index contributed by atoms with van der Waals surface area (Å²) in [4.78, 5) is 34.3. The van der Waals surface area contributed by atoms with Crippen LogP contribution in [0.25, 0.3) is 0 Å². The second kappa shape index (κ2) is 6.95. The summed E-state index contributed by atoms with van der Waals surface area (Å²) in [5, 5.41) is 1.63. The summed E-state index contributed by atoms with van der Waals surface area (Å²) in [6.45, 7) is 0. The van der Waals surface area contributed by atoms with Crippen molar-refractivity contribution in [2.45, 2.75) is 6.18 Å². The Morgan fingerprint density at radius 2 is 1.29 bits per heavy atom. The van der Waals surface area contributed by atoms with Gasteiger partial charge in [-0.15, -0.1) is 0 Å². The second-order valence-electron chi connectivity index (χ2n) is 4.57. The summed E-state index contributed by atoms with van der Waals surface area (Å²) in [6, 6.07) is 12.3. The molecule has 0 aliphatic carbocycles. The van der Waals surface area contributed by atoms with Gasteiger partial charge in [-0.1, -0.05) is 18.2 Å². The molecule has 0 aliphatic rings. The number of hydrogen-bond acceptors (Lipinski definition) is 4. The maximum absolute atomic E-state index is 12.1. The number of nitrogens with one attached hydrogen (secondary N) is 1. The predicted octanol–water partition coefficient (Wildman–Crippen LogP) is 3.18. The molecule has 0 saturated carbocycles. The fourth-order valence-electron chi connectivity index (χ4n) is 1.67. The van der Waals surface area contributed by atoms with Crippen molar-refractivity contribution in [3.05, 3.63) is 65.7 Å². The number of hydrogen-bond donors (Lipinski definition) is 1. The van der Waals surface area contributed by atoms with Crippen molar-refractivity contribution in [2.24, 2.45) is 0 Å². The molecule has 0 spiro atoms. The van der Waals surface area contributed by atoms with E-state index in [2.05, 4.69) is 4.74 Å². The smallest absolute Gasteiger partial charge is 0.386 e. The van der Waals surface area contributed by atoms with E-state index in [-0.39, 0.29) is 16.8 Å². The Hall–Kier alpha value is -3.16. The van der Waals surface area contributed by atoms with Crippen LogP contribution in [-0.4, -0.2) is 24.0 Å². The van der Waals surface area contributed by atoms with Crippen LogP contribution in [0.5, 0.6) is 0 Å². The van der Waals surface area contributed by atoms with Crippen molar-refractivity contribution >= 4 is 23.5 Å². The molecule has 2 rings (SSSR count). The van der Waals surface area contributed by atoms with Crippen molar-refractivity contribution in [2.75, 3.05) is 5.32 Å². The Bertz CT molecular complexity index is 755. The quantitative estimate of drug-likeness (QED) is 0.690. The molecule has 8 heteroatoms. The van der Waals surface area contributed by atoms with Crippen molar-refractivity contribution in [1.82, 2.24) is 0 Å². The van der Waals surface area contributed by atoms with Crippen molar-refractivity contribution in [3.63, 3.8) is 0 Å². The molecule has 0 atom stereocenters. The lowest BCUT2D eigenvalue weighted by Gasteiger charge is -2.08. The Balaban J connectivity index is 2.01. The number of benzene rings is 2. The molecule has 0 unspecified atom stereocenters. The first-order valence-corrected chi connectivity index (χ1v) is 6.57. The minimum absolute atomic E-state index is 0.0516. The first-order valence-electron chi connectivity index (χ1n) is 6.57. The van der Waals surface area contributed by atoms with E-state index in [0.29, 0.717) is 0 Å². The lowest BCUT2D eigenvalue weighted by Crippen LogP contribution is -2.29. The van der Waals surface area contributed by atoms with Gasteiger partial charge < -0.3 is 10.1 Å². The normalized spacial score (nSPS) is 10.8. The van der Waals surface area contributed by atoms with E-state index in [4.69, 9.17) is 0 Å². The van der Waals surface area contributed by atoms with Crippen LogP contribution in [0.4, 0.5) is 18.9 Å². The molecule has 0 saturated heterocycles. The monoisotopic (exact) mass is 337 g/mol. The lowest BCUT2D eigenvalue weighted by molar-refractivity contribution is -0.167. The van der Waals surface area contributed by atoms with Gasteiger partial charge in [0.15, 0.2) is 0 Å². The van der Waals surface area contributed by atoms with E-state index in [1.807, 2.05) is 0 Å². The summed E-state index contributed by atoms with van der Waals surface area (Å²) in [6.07, 6.45) is -5.01. The van der Waals surface area contributed by atoms with Crippen molar-refractivity contribution in [3.8, 4) is 0 Å². The number of alkyl halides is 3. The largest absolute Gasteiger partial charge is 0.471 e. The molecule has 1 amide bonds. The van der Waals surface area contributed by atoms with Crippen LogP contribution in [0, 0.1) is 0 Å². The molecule has 0 radical (unpaired) electrons. The molecule has 1 N–H and O–H groups in total. The topological polar surface area (TPSA) is 72.5 Å². The number of halogens is 3. The maximum Gasteiger partial charge on any atom is 0.471 e. The molecule has 24 heavy (non-hydrogen) atoms. The summed E-state index contributed by atoms with van der Waals surface area (Å²) in [7, 11) is 0. The fraction of sp³-hybridized carbons (Fsp3) is 0.0625. The number of carbonyl (C=O) groups excluding carboxylic acids is 3. The summed E-state index contributed by atoms with van der Waals surface area (Å²) >= 11 is 0. The Labute approximate surface area is 134 Å². The predicted molar refractivity (Wildman–Crippen MR) is 77.3 cm³/mol. The van der Waals surface area contributed by atoms with E-state index in [1.54, 1.807) is 23.5 Å². The van der Waals surface area contributed by atoms with E-state index in [9.17, 15) is 27.6 Å². The molecular weight excluding hydrogens is 327 g/mol. The number of carbonyl (C=O) groups is 3. The molecule has 0 aliphatic heterocycles. The minimum Gasteiger partial charge on any atom is -0.386 e. The highest BCUT2D eigenvalue weighted by molar-refractivity contribution is 6.03. The van der Waals surface area contributed by atoms with Gasteiger partial charge >= 0.3 is 24.0 Å². The third-order valence-corrected chi connectivity index (χ3v) is 2.83. The Morgan fingerprint density at radius 1 is 0.792 bits per heavy atom. The van der Waals surface area contributed by atoms with Crippen LogP contribution in [-0.2, 0) is 9.53 Å². The third kappa shape index (κ3) is 4.42. The number of anilines is 1. The zero-order chi connectivity index (χ0) is 17.7. The highest BCUT2D eigenvalue weighted by atomic mass is 19.4. The van der Waals surface area contributed by atoms with E-state index >= 15 is 0 Å².